The van der Waals surface area contributed by atoms with Crippen LogP contribution in [0.3, 0.4) is 0 Å². The molecule has 9 nitrogen and oxygen atoms in total. The van der Waals surface area contributed by atoms with Gasteiger partial charge in [0.25, 0.3) is 0 Å². The van der Waals surface area contributed by atoms with Crippen LogP contribution in [0.2, 0.25) is 0 Å². The van der Waals surface area contributed by atoms with Crippen LogP contribution in [0.1, 0.15) is 13.2 Å². The maximum Gasteiger partial charge on any atom is 0.223 e. The van der Waals surface area contributed by atoms with Crippen molar-refractivity contribution in [1.29, 1.82) is 0 Å². The van der Waals surface area contributed by atoms with Crippen molar-refractivity contribution >= 4 is 28.9 Å². The number of nitrogens with two attached hydrogens (primary N) is 1. The molecule has 2 aromatic rings. The number of thioether (sulfide) groups is 1. The second kappa shape index (κ2) is 5.97. The number of nitrogen functional groups attached to an aromatic ring is 1. The molecule has 1 saturated heterocycles. The number of hydrogen-bond acceptors (Lipinski definition) is 9. The van der Waals surface area contributed by atoms with Crippen LogP contribution >= 0.6 is 11.8 Å². The molecule has 22 heavy (non-hydrogen) atoms. The summed E-state index contributed by atoms with van der Waals surface area (Å²) in [5.41, 5.74) is 6.70. The summed E-state index contributed by atoms with van der Waals surface area (Å²) >= 11 is 1.48. The van der Waals surface area contributed by atoms with Crippen molar-refractivity contribution in [2.75, 3.05) is 18.1 Å². The second-order valence-corrected chi connectivity index (χ2v) is 6.13. The van der Waals surface area contributed by atoms with Gasteiger partial charge in [0, 0.05) is 0 Å². The minimum atomic E-state index is -1.20. The summed E-state index contributed by atoms with van der Waals surface area (Å²) in [5.74, 6) is 0.892. The fourth-order valence-corrected chi connectivity index (χ4v) is 3.15. The number of fused-ring (bicyclic) bond motifs is 1. The van der Waals surface area contributed by atoms with E-state index in [4.69, 9.17) is 10.5 Å². The van der Waals surface area contributed by atoms with Crippen molar-refractivity contribution in [2.24, 2.45) is 0 Å². The molecule has 3 heterocycles. The molecule has 0 radical (unpaired) electrons. The predicted molar refractivity (Wildman–Crippen MR) is 79.1 cm³/mol. The first-order valence-corrected chi connectivity index (χ1v) is 7.80. The Labute approximate surface area is 130 Å². The van der Waals surface area contributed by atoms with E-state index in [-0.39, 0.29) is 5.95 Å². The fourth-order valence-electron chi connectivity index (χ4n) is 2.44. The number of aromatic nitrogens is 4. The fraction of sp³-hybridized carbons (Fsp3) is 0.583. The average Bonchev–Trinajstić information content (AvgIpc) is 3.02. The monoisotopic (exact) mass is 327 g/mol. The first-order valence-electron chi connectivity index (χ1n) is 6.82. The molecule has 0 aliphatic carbocycles. The first-order chi connectivity index (χ1) is 10.6. The van der Waals surface area contributed by atoms with Crippen molar-refractivity contribution < 1.29 is 20.1 Å². The third-order valence-corrected chi connectivity index (χ3v) is 4.33. The Kier molecular flexibility index (Phi) is 4.19. The Bertz CT molecular complexity index is 681. The molecule has 3 rings (SSSR count). The van der Waals surface area contributed by atoms with E-state index >= 15 is 0 Å². The van der Waals surface area contributed by atoms with E-state index in [2.05, 4.69) is 15.0 Å². The molecule has 0 unspecified atom stereocenters. The van der Waals surface area contributed by atoms with Crippen molar-refractivity contribution in [3.63, 3.8) is 0 Å². The Hall–Kier alpha value is -1.46. The highest BCUT2D eigenvalue weighted by Crippen LogP contribution is 2.33. The van der Waals surface area contributed by atoms with Gasteiger partial charge in [-0.3, -0.25) is 4.57 Å². The molecule has 5 N–H and O–H groups in total. The van der Waals surface area contributed by atoms with Gasteiger partial charge in [-0.25, -0.2) is 9.97 Å². The molecular weight excluding hydrogens is 310 g/mol. The molecule has 0 bridgehead atoms. The van der Waals surface area contributed by atoms with Gasteiger partial charge in [-0.1, -0.05) is 6.92 Å². The van der Waals surface area contributed by atoms with Gasteiger partial charge in [-0.05, 0) is 5.75 Å². The van der Waals surface area contributed by atoms with Gasteiger partial charge in [-0.15, -0.1) is 11.8 Å². The third kappa shape index (κ3) is 2.42. The number of rotatable bonds is 4. The van der Waals surface area contributed by atoms with Crippen LogP contribution in [0, 0.1) is 0 Å². The van der Waals surface area contributed by atoms with Gasteiger partial charge in [0.1, 0.15) is 28.9 Å². The maximum atomic E-state index is 10.1. The highest BCUT2D eigenvalue weighted by atomic mass is 32.2. The third-order valence-electron chi connectivity index (χ3n) is 3.48. The van der Waals surface area contributed by atoms with E-state index in [1.165, 1.54) is 22.7 Å². The molecule has 1 aliphatic heterocycles. The number of imidazole rings is 1. The number of aliphatic hydroxyl groups is 3. The number of aliphatic hydroxyl groups excluding tert-OH is 3. The molecule has 1 aliphatic rings. The van der Waals surface area contributed by atoms with Crippen LogP contribution in [0.15, 0.2) is 11.4 Å². The zero-order valence-corrected chi connectivity index (χ0v) is 12.6. The molecule has 120 valence electrons. The van der Waals surface area contributed by atoms with E-state index in [0.29, 0.717) is 16.2 Å². The summed E-state index contributed by atoms with van der Waals surface area (Å²) < 4.78 is 6.99. The molecule has 2 aromatic heterocycles. The lowest BCUT2D eigenvalue weighted by Gasteiger charge is -2.16. The van der Waals surface area contributed by atoms with Crippen molar-refractivity contribution in [3.05, 3.63) is 6.33 Å². The summed E-state index contributed by atoms with van der Waals surface area (Å²) in [5, 5.41) is 29.8. The van der Waals surface area contributed by atoms with Crippen molar-refractivity contribution in [2.45, 2.75) is 36.5 Å². The van der Waals surface area contributed by atoms with Crippen LogP contribution < -0.4 is 5.73 Å². The quantitative estimate of drug-likeness (QED) is 0.417. The van der Waals surface area contributed by atoms with E-state index in [0.717, 1.165) is 5.75 Å². The smallest absolute Gasteiger partial charge is 0.223 e. The van der Waals surface area contributed by atoms with Gasteiger partial charge < -0.3 is 25.8 Å². The van der Waals surface area contributed by atoms with E-state index in [1.54, 1.807) is 0 Å². The minimum Gasteiger partial charge on any atom is -0.394 e. The van der Waals surface area contributed by atoms with Crippen LogP contribution in [-0.2, 0) is 4.74 Å². The predicted octanol–water partition coefficient (Wildman–Crippen LogP) is -0.868. The summed E-state index contributed by atoms with van der Waals surface area (Å²) in [6.07, 6.45) is -2.69. The standard InChI is InChI=1S/C12H17N5O4S/c1-2-22-10-6-9(15-12(13)16-10)17(4-14-6)11-8(20)7(19)5(3-18)21-11/h4-5,7-8,11,18-20H,2-3H2,1H3,(H2,13,15,16)/t5-,7+,8-,11+/m0/s1. The van der Waals surface area contributed by atoms with Gasteiger partial charge in [0.05, 0.1) is 12.9 Å². The molecule has 4 atom stereocenters. The minimum absolute atomic E-state index is 0.0944. The largest absolute Gasteiger partial charge is 0.394 e. The number of anilines is 1. The Morgan fingerprint density at radius 2 is 2.14 bits per heavy atom. The summed E-state index contributed by atoms with van der Waals surface area (Å²) in [4.78, 5) is 12.6. The first kappa shape index (κ1) is 15.4. The molecular formula is C12H17N5O4S. The number of hydrogen-bond donors (Lipinski definition) is 4. The lowest BCUT2D eigenvalue weighted by Crippen LogP contribution is -2.33. The Morgan fingerprint density at radius 3 is 2.77 bits per heavy atom. The van der Waals surface area contributed by atoms with Crippen LogP contribution in [0.5, 0.6) is 0 Å². The zero-order valence-electron chi connectivity index (χ0n) is 11.8. The van der Waals surface area contributed by atoms with Gasteiger partial charge in [0.2, 0.25) is 5.95 Å². The van der Waals surface area contributed by atoms with Gasteiger partial charge in [0.15, 0.2) is 11.9 Å². The number of nitrogens with zero attached hydrogens (tertiary/aromatic N) is 4. The summed E-state index contributed by atoms with van der Waals surface area (Å²) in [6, 6.07) is 0. The average molecular weight is 327 g/mol. The van der Waals surface area contributed by atoms with Crippen molar-refractivity contribution in [3.8, 4) is 0 Å². The molecule has 10 heteroatoms. The lowest BCUT2D eigenvalue weighted by molar-refractivity contribution is -0.0511. The second-order valence-electron chi connectivity index (χ2n) is 4.87. The zero-order chi connectivity index (χ0) is 15.9. The van der Waals surface area contributed by atoms with Gasteiger partial charge >= 0.3 is 0 Å². The van der Waals surface area contributed by atoms with Crippen LogP contribution in [0.25, 0.3) is 11.2 Å². The molecule has 0 spiro atoms. The van der Waals surface area contributed by atoms with Crippen LogP contribution in [-0.4, -0.2) is 65.5 Å². The van der Waals surface area contributed by atoms with E-state index < -0.39 is 31.1 Å². The summed E-state index contributed by atoms with van der Waals surface area (Å²) in [7, 11) is 0. The number of ether oxygens (including phenoxy) is 1. The topological polar surface area (TPSA) is 140 Å². The van der Waals surface area contributed by atoms with Crippen LogP contribution in [0.4, 0.5) is 5.95 Å². The Balaban J connectivity index is 2.05. The normalized spacial score (nSPS) is 28.5. The van der Waals surface area contributed by atoms with Crippen molar-refractivity contribution in [1.82, 2.24) is 19.5 Å². The molecule has 0 aromatic carbocycles. The SMILES string of the molecule is CCSc1nc(N)nc2c1ncn2[C@@H]1O[C@@H](CO)[C@@H](O)[C@@H]1O. The highest BCUT2D eigenvalue weighted by molar-refractivity contribution is 7.99. The maximum absolute atomic E-state index is 10.1. The summed E-state index contributed by atoms with van der Waals surface area (Å²) in [6.45, 7) is 1.59. The van der Waals surface area contributed by atoms with E-state index in [9.17, 15) is 15.3 Å². The van der Waals surface area contributed by atoms with E-state index in [1.807, 2.05) is 6.92 Å². The Morgan fingerprint density at radius 1 is 1.36 bits per heavy atom. The lowest BCUT2D eigenvalue weighted by atomic mass is 10.1. The molecule has 0 saturated carbocycles. The van der Waals surface area contributed by atoms with Gasteiger partial charge in [-0.2, -0.15) is 4.98 Å². The highest BCUT2D eigenvalue weighted by Gasteiger charge is 2.44. The molecule has 1 fully saturated rings. The molecule has 0 amide bonds.